The second kappa shape index (κ2) is 4.81. The summed E-state index contributed by atoms with van der Waals surface area (Å²) in [4.78, 5) is 15.4. The van der Waals surface area contributed by atoms with Gasteiger partial charge >= 0.3 is 5.97 Å². The number of aromatic carboxylic acids is 1. The molecule has 0 saturated carbocycles. The Hall–Kier alpha value is -2.62. The molecule has 4 heteroatoms. The standard InChI is InChI=1S/C16H14N2O2/c1-2-11-3-5-12(6-4-11)15-17-10-14-9-13(16(19)20)7-8-18(14)15/h3-10H,2H2,1H3,(H,19,20). The number of aryl methyl sites for hydroxylation is 1. The molecule has 0 amide bonds. The van der Waals surface area contributed by atoms with Crippen molar-refractivity contribution in [2.45, 2.75) is 13.3 Å². The number of carboxylic acid groups (broad SMARTS) is 1. The number of carboxylic acids is 1. The summed E-state index contributed by atoms with van der Waals surface area (Å²) < 4.78 is 1.90. The van der Waals surface area contributed by atoms with Gasteiger partial charge in [-0.3, -0.25) is 4.40 Å². The number of rotatable bonds is 3. The average Bonchev–Trinajstić information content (AvgIpc) is 2.90. The molecule has 0 spiro atoms. The smallest absolute Gasteiger partial charge is 0.335 e. The molecule has 1 aromatic carbocycles. The van der Waals surface area contributed by atoms with Crippen LogP contribution in [0.3, 0.4) is 0 Å². The van der Waals surface area contributed by atoms with Crippen LogP contribution >= 0.6 is 0 Å². The molecule has 0 aliphatic rings. The summed E-state index contributed by atoms with van der Waals surface area (Å²) in [6, 6.07) is 11.5. The second-order valence-corrected chi connectivity index (χ2v) is 4.65. The van der Waals surface area contributed by atoms with Crippen LogP contribution in [0.2, 0.25) is 0 Å². The highest BCUT2D eigenvalue weighted by Crippen LogP contribution is 2.21. The molecule has 2 aromatic heterocycles. The molecule has 3 aromatic rings. The van der Waals surface area contributed by atoms with Gasteiger partial charge in [-0.2, -0.15) is 0 Å². The van der Waals surface area contributed by atoms with Gasteiger partial charge in [-0.25, -0.2) is 9.78 Å². The minimum atomic E-state index is -0.928. The summed E-state index contributed by atoms with van der Waals surface area (Å²) in [5.74, 6) is -0.109. The minimum Gasteiger partial charge on any atom is -0.478 e. The Morgan fingerprint density at radius 1 is 1.25 bits per heavy atom. The molecule has 0 aliphatic carbocycles. The highest BCUT2D eigenvalue weighted by molar-refractivity contribution is 5.89. The lowest BCUT2D eigenvalue weighted by atomic mass is 10.1. The predicted octanol–water partition coefficient (Wildman–Crippen LogP) is 3.26. The van der Waals surface area contributed by atoms with E-state index in [2.05, 4.69) is 24.0 Å². The molecule has 100 valence electrons. The zero-order valence-corrected chi connectivity index (χ0v) is 11.1. The first kappa shape index (κ1) is 12.4. The van der Waals surface area contributed by atoms with Crippen LogP contribution in [0.25, 0.3) is 16.9 Å². The molecular weight excluding hydrogens is 252 g/mol. The van der Waals surface area contributed by atoms with Crippen LogP contribution in [0.15, 0.2) is 48.8 Å². The zero-order chi connectivity index (χ0) is 14.1. The van der Waals surface area contributed by atoms with Crippen molar-refractivity contribution in [2.75, 3.05) is 0 Å². The maximum atomic E-state index is 11.0. The van der Waals surface area contributed by atoms with E-state index in [1.165, 1.54) is 5.56 Å². The van der Waals surface area contributed by atoms with Gasteiger partial charge in [0.05, 0.1) is 17.3 Å². The number of nitrogens with zero attached hydrogens (tertiary/aromatic N) is 2. The maximum absolute atomic E-state index is 11.0. The summed E-state index contributed by atoms with van der Waals surface area (Å²) >= 11 is 0. The Bertz CT molecular complexity index is 773. The quantitative estimate of drug-likeness (QED) is 0.791. The van der Waals surface area contributed by atoms with Crippen molar-refractivity contribution in [3.8, 4) is 11.4 Å². The first-order valence-electron chi connectivity index (χ1n) is 6.49. The van der Waals surface area contributed by atoms with E-state index in [9.17, 15) is 4.79 Å². The van der Waals surface area contributed by atoms with E-state index < -0.39 is 5.97 Å². The summed E-state index contributed by atoms with van der Waals surface area (Å²) in [6.07, 6.45) is 4.44. The maximum Gasteiger partial charge on any atom is 0.335 e. The fourth-order valence-corrected chi connectivity index (χ4v) is 2.24. The van der Waals surface area contributed by atoms with Gasteiger partial charge in [0, 0.05) is 11.8 Å². The molecule has 0 bridgehead atoms. The molecule has 0 radical (unpaired) electrons. The summed E-state index contributed by atoms with van der Waals surface area (Å²) in [7, 11) is 0. The molecule has 0 fully saturated rings. The van der Waals surface area contributed by atoms with Gasteiger partial charge in [-0.05, 0) is 24.1 Å². The van der Waals surface area contributed by atoms with Crippen molar-refractivity contribution in [1.29, 1.82) is 0 Å². The average molecular weight is 266 g/mol. The van der Waals surface area contributed by atoms with Crippen LogP contribution in [0, 0.1) is 0 Å². The van der Waals surface area contributed by atoms with E-state index in [1.807, 2.05) is 16.5 Å². The summed E-state index contributed by atoms with van der Waals surface area (Å²) in [5, 5.41) is 9.00. The Kier molecular flexibility index (Phi) is 2.99. The van der Waals surface area contributed by atoms with Crippen molar-refractivity contribution < 1.29 is 9.90 Å². The van der Waals surface area contributed by atoms with E-state index >= 15 is 0 Å². The molecule has 0 atom stereocenters. The first-order valence-corrected chi connectivity index (χ1v) is 6.49. The monoisotopic (exact) mass is 266 g/mol. The molecule has 1 N–H and O–H groups in total. The van der Waals surface area contributed by atoms with Gasteiger partial charge < -0.3 is 5.11 Å². The van der Waals surface area contributed by atoms with E-state index in [4.69, 9.17) is 5.11 Å². The number of fused-ring (bicyclic) bond motifs is 1. The third kappa shape index (κ3) is 2.05. The number of hydrogen-bond acceptors (Lipinski definition) is 2. The van der Waals surface area contributed by atoms with Crippen LogP contribution in [-0.2, 0) is 6.42 Å². The third-order valence-electron chi connectivity index (χ3n) is 3.40. The Labute approximate surface area is 116 Å². The number of carbonyl (C=O) groups is 1. The molecule has 4 nitrogen and oxygen atoms in total. The zero-order valence-electron chi connectivity index (χ0n) is 11.1. The highest BCUT2D eigenvalue weighted by Gasteiger charge is 2.09. The molecule has 2 heterocycles. The normalized spacial score (nSPS) is 10.8. The molecule has 3 rings (SSSR count). The van der Waals surface area contributed by atoms with Crippen molar-refractivity contribution in [2.24, 2.45) is 0 Å². The Morgan fingerprint density at radius 3 is 2.65 bits per heavy atom. The van der Waals surface area contributed by atoms with E-state index in [0.717, 1.165) is 23.3 Å². The van der Waals surface area contributed by atoms with E-state index in [0.29, 0.717) is 0 Å². The number of imidazole rings is 1. The van der Waals surface area contributed by atoms with Crippen molar-refractivity contribution in [3.05, 3.63) is 59.9 Å². The SMILES string of the molecule is CCc1ccc(-c2ncc3cc(C(=O)O)ccn23)cc1. The molecule has 0 saturated heterocycles. The van der Waals surface area contributed by atoms with Gasteiger partial charge in [0.1, 0.15) is 5.82 Å². The van der Waals surface area contributed by atoms with Crippen molar-refractivity contribution in [1.82, 2.24) is 9.38 Å². The van der Waals surface area contributed by atoms with Crippen LogP contribution in [0.1, 0.15) is 22.8 Å². The summed E-state index contributed by atoms with van der Waals surface area (Å²) in [6.45, 7) is 2.12. The fourth-order valence-electron chi connectivity index (χ4n) is 2.24. The van der Waals surface area contributed by atoms with Gasteiger partial charge in [0.25, 0.3) is 0 Å². The first-order chi connectivity index (χ1) is 9.69. The lowest BCUT2D eigenvalue weighted by molar-refractivity contribution is 0.0697. The predicted molar refractivity (Wildman–Crippen MR) is 77.0 cm³/mol. The largest absolute Gasteiger partial charge is 0.478 e. The van der Waals surface area contributed by atoms with Crippen molar-refractivity contribution >= 4 is 11.5 Å². The number of pyridine rings is 1. The Balaban J connectivity index is 2.09. The number of benzene rings is 1. The fraction of sp³-hybridized carbons (Fsp3) is 0.125. The topological polar surface area (TPSA) is 54.6 Å². The van der Waals surface area contributed by atoms with Gasteiger partial charge in [-0.15, -0.1) is 0 Å². The second-order valence-electron chi connectivity index (χ2n) is 4.65. The third-order valence-corrected chi connectivity index (χ3v) is 3.40. The Morgan fingerprint density at radius 2 is 2.00 bits per heavy atom. The van der Waals surface area contributed by atoms with Crippen LogP contribution in [0.5, 0.6) is 0 Å². The van der Waals surface area contributed by atoms with Gasteiger partial charge in [0.15, 0.2) is 0 Å². The molecule has 0 aliphatic heterocycles. The van der Waals surface area contributed by atoms with Crippen LogP contribution < -0.4 is 0 Å². The van der Waals surface area contributed by atoms with Crippen molar-refractivity contribution in [3.63, 3.8) is 0 Å². The minimum absolute atomic E-state index is 0.269. The lowest BCUT2D eigenvalue weighted by Crippen LogP contribution is -1.97. The number of hydrogen-bond donors (Lipinski definition) is 1. The molecule has 20 heavy (non-hydrogen) atoms. The van der Waals surface area contributed by atoms with Gasteiger partial charge in [-0.1, -0.05) is 31.2 Å². The van der Waals surface area contributed by atoms with E-state index in [-0.39, 0.29) is 5.56 Å². The van der Waals surface area contributed by atoms with E-state index in [1.54, 1.807) is 24.5 Å². The van der Waals surface area contributed by atoms with Crippen LogP contribution in [-0.4, -0.2) is 20.5 Å². The molecule has 0 unspecified atom stereocenters. The van der Waals surface area contributed by atoms with Crippen LogP contribution in [0.4, 0.5) is 0 Å². The number of aromatic nitrogens is 2. The van der Waals surface area contributed by atoms with Gasteiger partial charge in [0.2, 0.25) is 0 Å². The lowest BCUT2D eigenvalue weighted by Gasteiger charge is -2.03. The molecular formula is C16H14N2O2. The highest BCUT2D eigenvalue weighted by atomic mass is 16.4. The summed E-state index contributed by atoms with van der Waals surface area (Å²) in [5.41, 5.74) is 3.35.